The zero-order valence-electron chi connectivity index (χ0n) is 17.2. The van der Waals surface area contributed by atoms with Crippen molar-refractivity contribution in [2.45, 2.75) is 38.8 Å². The molecule has 154 valence electrons. The van der Waals surface area contributed by atoms with Gasteiger partial charge in [-0.1, -0.05) is 38.0 Å². The van der Waals surface area contributed by atoms with Crippen molar-refractivity contribution in [3.63, 3.8) is 0 Å². The predicted molar refractivity (Wildman–Crippen MR) is 113 cm³/mol. The zero-order valence-corrected chi connectivity index (χ0v) is 17.2. The van der Waals surface area contributed by atoms with E-state index < -0.39 is 0 Å². The number of hydrogen-bond acceptors (Lipinski definition) is 5. The second kappa shape index (κ2) is 9.52. The Balaban J connectivity index is 1.88. The van der Waals surface area contributed by atoms with Crippen molar-refractivity contribution in [1.29, 1.82) is 0 Å². The summed E-state index contributed by atoms with van der Waals surface area (Å²) in [6.07, 6.45) is 4.53. The van der Waals surface area contributed by atoms with Crippen molar-refractivity contribution < 1.29 is 9.21 Å². The molecule has 1 amide bonds. The molecule has 2 heterocycles. The first kappa shape index (κ1) is 20.8. The molecule has 0 spiro atoms. The van der Waals surface area contributed by atoms with Gasteiger partial charge in [-0.05, 0) is 38.7 Å². The summed E-state index contributed by atoms with van der Waals surface area (Å²) in [6, 6.07) is 10.8. The summed E-state index contributed by atoms with van der Waals surface area (Å²) in [6.45, 7) is 2.98. The molecule has 0 saturated heterocycles. The normalized spacial score (nSPS) is 12.4. The fraction of sp³-hybridized carbons (Fsp3) is 0.409. The van der Waals surface area contributed by atoms with E-state index in [1.807, 2.05) is 37.2 Å². The number of benzene rings is 1. The molecule has 0 saturated carbocycles. The molecule has 3 aromatic rings. The highest BCUT2D eigenvalue weighted by Crippen LogP contribution is 2.18. The molecule has 0 fully saturated rings. The van der Waals surface area contributed by atoms with Crippen molar-refractivity contribution in [2.75, 3.05) is 20.6 Å². The lowest BCUT2D eigenvalue weighted by Gasteiger charge is -2.22. The van der Waals surface area contributed by atoms with E-state index in [1.54, 1.807) is 24.5 Å². The van der Waals surface area contributed by atoms with E-state index in [1.165, 1.54) is 4.68 Å². The molecule has 0 aliphatic heterocycles. The van der Waals surface area contributed by atoms with Crippen LogP contribution in [0.25, 0.3) is 10.8 Å². The second-order valence-electron chi connectivity index (χ2n) is 7.33. The van der Waals surface area contributed by atoms with Gasteiger partial charge >= 0.3 is 0 Å². The highest BCUT2D eigenvalue weighted by atomic mass is 16.3. The highest BCUT2D eigenvalue weighted by molar-refractivity contribution is 6.04. The summed E-state index contributed by atoms with van der Waals surface area (Å²) in [7, 11) is 3.86. The molecule has 1 aromatic carbocycles. The summed E-state index contributed by atoms with van der Waals surface area (Å²) >= 11 is 0. The maximum atomic E-state index is 13.0. The van der Waals surface area contributed by atoms with E-state index in [4.69, 9.17) is 4.42 Å². The Bertz CT molecular complexity index is 1010. The number of hydrogen-bond donors (Lipinski definition) is 1. The van der Waals surface area contributed by atoms with Crippen molar-refractivity contribution in [3.05, 3.63) is 64.5 Å². The van der Waals surface area contributed by atoms with Gasteiger partial charge in [0.25, 0.3) is 11.5 Å². The molecule has 7 nitrogen and oxygen atoms in total. The van der Waals surface area contributed by atoms with Crippen LogP contribution in [0.5, 0.6) is 0 Å². The van der Waals surface area contributed by atoms with E-state index >= 15 is 0 Å². The van der Waals surface area contributed by atoms with Gasteiger partial charge in [-0.3, -0.25) is 14.5 Å². The molecule has 1 N–H and O–H groups in total. The summed E-state index contributed by atoms with van der Waals surface area (Å²) in [5, 5.41) is 8.45. The molecular weight excluding hydrogens is 368 g/mol. The number of unbranched alkanes of at least 4 members (excludes halogenated alkanes) is 2. The molecule has 0 radical (unpaired) electrons. The zero-order chi connectivity index (χ0) is 20.8. The first-order chi connectivity index (χ1) is 14.0. The number of carbonyl (C=O) groups is 1. The number of nitrogens with one attached hydrogen (secondary N) is 1. The standard InChI is InChI=1S/C22H28N4O3/c1-4-5-8-13-26-22(28)17-11-7-6-10-16(17)20(24-26)21(27)23-15-18(25(2)3)19-12-9-14-29-19/h6-7,9-12,14,18H,4-5,8,13,15H2,1-3H3,(H,23,27). The Labute approximate surface area is 170 Å². The quantitative estimate of drug-likeness (QED) is 0.562. The number of furan rings is 1. The van der Waals surface area contributed by atoms with E-state index in [0.717, 1.165) is 25.0 Å². The Kier molecular flexibility index (Phi) is 6.82. The lowest BCUT2D eigenvalue weighted by molar-refractivity contribution is 0.0933. The van der Waals surface area contributed by atoms with Crippen molar-refractivity contribution in [3.8, 4) is 0 Å². The number of carbonyl (C=O) groups excluding carboxylic acids is 1. The fourth-order valence-corrected chi connectivity index (χ4v) is 3.36. The van der Waals surface area contributed by atoms with E-state index in [2.05, 4.69) is 17.3 Å². The Hall–Kier alpha value is -2.93. The molecule has 0 aliphatic carbocycles. The average Bonchev–Trinajstić information content (AvgIpc) is 3.24. The lowest BCUT2D eigenvalue weighted by Crippen LogP contribution is -2.36. The van der Waals surface area contributed by atoms with Crippen LogP contribution in [-0.2, 0) is 6.54 Å². The Morgan fingerprint density at radius 2 is 1.93 bits per heavy atom. The van der Waals surface area contributed by atoms with Crippen LogP contribution in [0.4, 0.5) is 0 Å². The van der Waals surface area contributed by atoms with Gasteiger partial charge in [-0.2, -0.15) is 5.10 Å². The van der Waals surface area contributed by atoms with Gasteiger partial charge in [-0.25, -0.2) is 4.68 Å². The van der Waals surface area contributed by atoms with Crippen molar-refractivity contribution in [1.82, 2.24) is 20.0 Å². The number of fused-ring (bicyclic) bond motifs is 1. The van der Waals surface area contributed by atoms with Crippen LogP contribution in [-0.4, -0.2) is 41.2 Å². The second-order valence-corrected chi connectivity index (χ2v) is 7.33. The molecule has 3 rings (SSSR count). The minimum atomic E-state index is -0.302. The minimum absolute atomic E-state index is 0.101. The minimum Gasteiger partial charge on any atom is -0.468 e. The number of aromatic nitrogens is 2. The Morgan fingerprint density at radius 1 is 1.17 bits per heavy atom. The summed E-state index contributed by atoms with van der Waals surface area (Å²) in [5.41, 5.74) is 0.114. The molecule has 1 atom stereocenters. The summed E-state index contributed by atoms with van der Waals surface area (Å²) in [5.74, 6) is 0.474. The van der Waals surface area contributed by atoms with Crippen LogP contribution < -0.4 is 10.9 Å². The van der Waals surface area contributed by atoms with Gasteiger partial charge in [0.15, 0.2) is 5.69 Å². The first-order valence-electron chi connectivity index (χ1n) is 10.0. The maximum absolute atomic E-state index is 13.0. The maximum Gasteiger partial charge on any atom is 0.274 e. The van der Waals surface area contributed by atoms with E-state index in [-0.39, 0.29) is 23.2 Å². The van der Waals surface area contributed by atoms with Gasteiger partial charge in [0, 0.05) is 18.5 Å². The van der Waals surface area contributed by atoms with Crippen LogP contribution in [0.2, 0.25) is 0 Å². The molecule has 7 heteroatoms. The molecule has 0 bridgehead atoms. The molecule has 0 aliphatic rings. The number of amides is 1. The number of rotatable bonds is 9. The molecule has 1 unspecified atom stereocenters. The highest BCUT2D eigenvalue weighted by Gasteiger charge is 2.21. The number of aryl methyl sites for hydroxylation is 1. The van der Waals surface area contributed by atoms with Crippen LogP contribution in [0.3, 0.4) is 0 Å². The third-order valence-electron chi connectivity index (χ3n) is 5.01. The van der Waals surface area contributed by atoms with E-state index in [9.17, 15) is 9.59 Å². The predicted octanol–water partition coefficient (Wildman–Crippen LogP) is 3.21. The first-order valence-corrected chi connectivity index (χ1v) is 10.0. The SMILES string of the molecule is CCCCCn1nc(C(=O)NCC(c2ccco2)N(C)C)c2ccccc2c1=O. The fourth-order valence-electron chi connectivity index (χ4n) is 3.36. The molecular formula is C22H28N4O3. The van der Waals surface area contributed by atoms with Crippen LogP contribution in [0.15, 0.2) is 51.9 Å². The smallest absolute Gasteiger partial charge is 0.274 e. The van der Waals surface area contributed by atoms with Crippen molar-refractivity contribution in [2.24, 2.45) is 0 Å². The average molecular weight is 396 g/mol. The summed E-state index contributed by atoms with van der Waals surface area (Å²) < 4.78 is 6.92. The van der Waals surface area contributed by atoms with Gasteiger partial charge in [0.05, 0.1) is 17.7 Å². The molecule has 2 aromatic heterocycles. The third kappa shape index (κ3) is 4.74. The van der Waals surface area contributed by atoms with E-state index in [0.29, 0.717) is 23.9 Å². The third-order valence-corrected chi connectivity index (χ3v) is 5.01. The van der Waals surface area contributed by atoms with Crippen LogP contribution >= 0.6 is 0 Å². The monoisotopic (exact) mass is 396 g/mol. The van der Waals surface area contributed by atoms with Crippen LogP contribution in [0, 0.1) is 0 Å². The van der Waals surface area contributed by atoms with Gasteiger partial charge < -0.3 is 9.73 Å². The lowest BCUT2D eigenvalue weighted by atomic mass is 10.1. The topological polar surface area (TPSA) is 80.4 Å². The Morgan fingerprint density at radius 3 is 2.59 bits per heavy atom. The number of nitrogens with zero attached hydrogens (tertiary/aromatic N) is 3. The largest absolute Gasteiger partial charge is 0.468 e. The van der Waals surface area contributed by atoms with Crippen LogP contribution in [0.1, 0.15) is 48.5 Å². The molecule has 29 heavy (non-hydrogen) atoms. The van der Waals surface area contributed by atoms with Crippen molar-refractivity contribution >= 4 is 16.7 Å². The van der Waals surface area contributed by atoms with Gasteiger partial charge in [0.1, 0.15) is 5.76 Å². The number of likely N-dealkylation sites (N-methyl/N-ethyl adjacent to an activating group) is 1. The summed E-state index contributed by atoms with van der Waals surface area (Å²) in [4.78, 5) is 27.8. The van der Waals surface area contributed by atoms with Gasteiger partial charge in [0.2, 0.25) is 0 Å². The van der Waals surface area contributed by atoms with Gasteiger partial charge in [-0.15, -0.1) is 0 Å².